The molecule has 2 atom stereocenters. The number of hydrogen-bond donors (Lipinski definition) is 1. The number of rotatable bonds is 4. The van der Waals surface area contributed by atoms with Gasteiger partial charge in [-0.15, -0.1) is 0 Å². The summed E-state index contributed by atoms with van der Waals surface area (Å²) in [5.74, 6) is -0.0517. The minimum absolute atomic E-state index is 0.0139. The second-order valence-electron chi connectivity index (χ2n) is 7.52. The lowest BCUT2D eigenvalue weighted by atomic mass is 10.2. The fourth-order valence-electron chi connectivity index (χ4n) is 3.67. The molecule has 1 aromatic rings. The number of carbonyl (C=O) groups is 2. The standard InChI is InChI=1S/C19H26N4O5S/c1-20-7-2-8-21(10-9-20)18(24)17-11-16(29)12-22(17)19(25)28-13-14-3-5-15(6-4-14)23(26)27/h3-6,16-17,29H,2,7-13H2,1H3/t16-,17-/m0/s1. The van der Waals surface area contributed by atoms with Crippen LogP contribution in [0.5, 0.6) is 0 Å². The van der Waals surface area contributed by atoms with Crippen molar-refractivity contribution in [3.05, 3.63) is 39.9 Å². The smallest absolute Gasteiger partial charge is 0.410 e. The second kappa shape index (κ2) is 9.45. The molecule has 0 saturated carbocycles. The molecule has 9 nitrogen and oxygen atoms in total. The molecule has 2 fully saturated rings. The van der Waals surface area contributed by atoms with E-state index in [1.165, 1.54) is 17.0 Å². The first-order chi connectivity index (χ1) is 13.8. The van der Waals surface area contributed by atoms with Crippen LogP contribution in [0.4, 0.5) is 10.5 Å². The molecule has 2 aliphatic rings. The molecular weight excluding hydrogens is 396 g/mol. The summed E-state index contributed by atoms with van der Waals surface area (Å²) in [6, 6.07) is 5.27. The van der Waals surface area contributed by atoms with E-state index in [4.69, 9.17) is 4.74 Å². The van der Waals surface area contributed by atoms with Crippen LogP contribution in [0.25, 0.3) is 0 Å². The van der Waals surface area contributed by atoms with E-state index in [0.29, 0.717) is 31.6 Å². The molecule has 10 heteroatoms. The average molecular weight is 423 g/mol. The maximum Gasteiger partial charge on any atom is 0.410 e. The third kappa shape index (κ3) is 5.39. The fraction of sp³-hybridized carbons (Fsp3) is 0.579. The summed E-state index contributed by atoms with van der Waals surface area (Å²) < 4.78 is 5.37. The normalized spacial score (nSPS) is 23.0. The van der Waals surface area contributed by atoms with Crippen molar-refractivity contribution in [1.29, 1.82) is 0 Å². The highest BCUT2D eigenvalue weighted by Crippen LogP contribution is 2.25. The molecule has 0 aromatic heterocycles. The molecule has 0 unspecified atom stereocenters. The zero-order valence-electron chi connectivity index (χ0n) is 16.4. The van der Waals surface area contributed by atoms with Crippen molar-refractivity contribution in [2.24, 2.45) is 0 Å². The number of nitro benzene ring substituents is 1. The van der Waals surface area contributed by atoms with E-state index in [0.717, 1.165) is 19.5 Å². The molecule has 2 saturated heterocycles. The Hall–Kier alpha value is -2.33. The Labute approximate surface area is 175 Å². The van der Waals surface area contributed by atoms with Gasteiger partial charge in [-0.3, -0.25) is 19.8 Å². The lowest BCUT2D eigenvalue weighted by Gasteiger charge is -2.29. The van der Waals surface area contributed by atoms with Crippen molar-refractivity contribution in [3.63, 3.8) is 0 Å². The van der Waals surface area contributed by atoms with Gasteiger partial charge in [0.1, 0.15) is 12.6 Å². The summed E-state index contributed by atoms with van der Waals surface area (Å²) in [4.78, 5) is 41.4. The zero-order valence-corrected chi connectivity index (χ0v) is 17.3. The number of benzene rings is 1. The van der Waals surface area contributed by atoms with Gasteiger partial charge in [0, 0.05) is 43.6 Å². The van der Waals surface area contributed by atoms with Crippen molar-refractivity contribution < 1.29 is 19.2 Å². The number of likely N-dealkylation sites (tertiary alicyclic amines) is 1. The van der Waals surface area contributed by atoms with Crippen LogP contribution in [0.3, 0.4) is 0 Å². The Morgan fingerprint density at radius 2 is 1.93 bits per heavy atom. The molecule has 29 heavy (non-hydrogen) atoms. The minimum atomic E-state index is -0.565. The Morgan fingerprint density at radius 1 is 1.21 bits per heavy atom. The van der Waals surface area contributed by atoms with Gasteiger partial charge in [0.25, 0.3) is 5.69 Å². The van der Waals surface area contributed by atoms with E-state index in [9.17, 15) is 19.7 Å². The quantitative estimate of drug-likeness (QED) is 0.451. The van der Waals surface area contributed by atoms with Crippen molar-refractivity contribution in [1.82, 2.24) is 14.7 Å². The molecule has 0 radical (unpaired) electrons. The van der Waals surface area contributed by atoms with Crippen LogP contribution in [0.2, 0.25) is 0 Å². The van der Waals surface area contributed by atoms with Gasteiger partial charge < -0.3 is 14.5 Å². The Kier molecular flexibility index (Phi) is 6.96. The molecule has 0 N–H and O–H groups in total. The highest BCUT2D eigenvalue weighted by Gasteiger charge is 2.41. The van der Waals surface area contributed by atoms with Gasteiger partial charge in [0.15, 0.2) is 0 Å². The van der Waals surface area contributed by atoms with E-state index in [1.54, 1.807) is 12.1 Å². The first-order valence-electron chi connectivity index (χ1n) is 9.67. The number of hydrogen-bond acceptors (Lipinski definition) is 7. The summed E-state index contributed by atoms with van der Waals surface area (Å²) >= 11 is 4.48. The highest BCUT2D eigenvalue weighted by atomic mass is 32.1. The SMILES string of the molecule is CN1CCCN(C(=O)[C@@H]2C[C@H](S)CN2C(=O)OCc2ccc([N+](=O)[O-])cc2)CC1. The topological polar surface area (TPSA) is 96.2 Å². The monoisotopic (exact) mass is 422 g/mol. The predicted molar refractivity (Wildman–Crippen MR) is 110 cm³/mol. The van der Waals surface area contributed by atoms with Gasteiger partial charge >= 0.3 is 6.09 Å². The zero-order chi connectivity index (χ0) is 21.0. The minimum Gasteiger partial charge on any atom is -0.445 e. The number of thiol groups is 1. The molecule has 2 amide bonds. The summed E-state index contributed by atoms with van der Waals surface area (Å²) in [6.45, 7) is 3.43. The van der Waals surface area contributed by atoms with Crippen LogP contribution < -0.4 is 0 Å². The van der Waals surface area contributed by atoms with Crippen molar-refractivity contribution in [2.75, 3.05) is 39.8 Å². The van der Waals surface area contributed by atoms with Crippen LogP contribution in [0.1, 0.15) is 18.4 Å². The van der Waals surface area contributed by atoms with Gasteiger partial charge in [-0.25, -0.2) is 4.79 Å². The third-order valence-electron chi connectivity index (χ3n) is 5.34. The van der Waals surface area contributed by atoms with Crippen LogP contribution in [-0.4, -0.2) is 82.7 Å². The van der Waals surface area contributed by atoms with Crippen LogP contribution >= 0.6 is 12.6 Å². The molecule has 1 aromatic carbocycles. The van der Waals surface area contributed by atoms with Crippen molar-refractivity contribution in [2.45, 2.75) is 30.7 Å². The summed E-state index contributed by atoms with van der Waals surface area (Å²) in [5, 5.41) is 10.6. The number of ether oxygens (including phenoxy) is 1. The van der Waals surface area contributed by atoms with Crippen molar-refractivity contribution >= 4 is 30.3 Å². The van der Waals surface area contributed by atoms with Gasteiger partial charge in [0.05, 0.1) is 4.92 Å². The Morgan fingerprint density at radius 3 is 2.62 bits per heavy atom. The predicted octanol–water partition coefficient (Wildman–Crippen LogP) is 1.77. The molecular formula is C19H26N4O5S. The van der Waals surface area contributed by atoms with Crippen LogP contribution in [0, 0.1) is 10.1 Å². The number of amides is 2. The van der Waals surface area contributed by atoms with Gasteiger partial charge in [-0.05, 0) is 44.1 Å². The average Bonchev–Trinajstić information content (AvgIpc) is 2.96. The molecule has 2 heterocycles. The van der Waals surface area contributed by atoms with E-state index in [-0.39, 0.29) is 23.5 Å². The molecule has 0 aliphatic carbocycles. The van der Waals surface area contributed by atoms with Crippen LogP contribution in [0.15, 0.2) is 24.3 Å². The molecule has 158 valence electrons. The molecule has 2 aliphatic heterocycles. The first kappa shape index (κ1) is 21.4. The lowest BCUT2D eigenvalue weighted by Crippen LogP contribution is -2.48. The fourth-order valence-corrected chi connectivity index (χ4v) is 4.04. The largest absolute Gasteiger partial charge is 0.445 e. The number of nitro groups is 1. The van der Waals surface area contributed by atoms with Crippen molar-refractivity contribution in [3.8, 4) is 0 Å². The Balaban J connectivity index is 1.60. The van der Waals surface area contributed by atoms with E-state index >= 15 is 0 Å². The highest BCUT2D eigenvalue weighted by molar-refractivity contribution is 7.81. The lowest BCUT2D eigenvalue weighted by molar-refractivity contribution is -0.384. The molecule has 3 rings (SSSR count). The number of nitrogens with zero attached hydrogens (tertiary/aromatic N) is 4. The van der Waals surface area contributed by atoms with Gasteiger partial charge in [-0.2, -0.15) is 12.6 Å². The number of non-ortho nitro benzene ring substituents is 1. The molecule has 0 bridgehead atoms. The van der Waals surface area contributed by atoms with E-state index in [2.05, 4.69) is 17.5 Å². The summed E-state index contributed by atoms with van der Waals surface area (Å²) in [5.41, 5.74) is 0.621. The second-order valence-corrected chi connectivity index (χ2v) is 8.25. The first-order valence-corrected chi connectivity index (χ1v) is 10.2. The van der Waals surface area contributed by atoms with E-state index in [1.807, 2.05) is 11.9 Å². The number of likely N-dealkylation sites (N-methyl/N-ethyl adjacent to an activating group) is 1. The maximum absolute atomic E-state index is 13.1. The number of carbonyl (C=O) groups excluding carboxylic acids is 2. The summed E-state index contributed by atoms with van der Waals surface area (Å²) in [6.07, 6.45) is 0.843. The molecule has 0 spiro atoms. The summed E-state index contributed by atoms with van der Waals surface area (Å²) in [7, 11) is 2.04. The van der Waals surface area contributed by atoms with Gasteiger partial charge in [0.2, 0.25) is 5.91 Å². The van der Waals surface area contributed by atoms with Gasteiger partial charge in [-0.1, -0.05) is 0 Å². The Bertz CT molecular complexity index is 759. The maximum atomic E-state index is 13.1. The van der Waals surface area contributed by atoms with E-state index < -0.39 is 17.1 Å². The van der Waals surface area contributed by atoms with Crippen LogP contribution in [-0.2, 0) is 16.1 Å². The third-order valence-corrected chi connectivity index (χ3v) is 5.71.